The van der Waals surface area contributed by atoms with Crippen LogP contribution in [0.25, 0.3) is 0 Å². The minimum absolute atomic E-state index is 0.332. The van der Waals surface area contributed by atoms with E-state index >= 15 is 0 Å². The van der Waals surface area contributed by atoms with E-state index in [-0.39, 0.29) is 5.82 Å². The van der Waals surface area contributed by atoms with E-state index in [4.69, 9.17) is 0 Å². The number of rotatable bonds is 3. The Morgan fingerprint density at radius 2 is 2.36 bits per heavy atom. The molecule has 0 saturated carbocycles. The molecule has 0 heterocycles. The van der Waals surface area contributed by atoms with E-state index in [1.165, 1.54) is 31.5 Å². The number of methoxy groups -OCH3 is 1. The van der Waals surface area contributed by atoms with E-state index in [0.29, 0.717) is 5.69 Å². The minimum Gasteiger partial charge on any atom is -0.466 e. The molecule has 14 heavy (non-hydrogen) atoms. The van der Waals surface area contributed by atoms with Gasteiger partial charge >= 0.3 is 5.97 Å². The molecule has 0 amide bonds. The van der Waals surface area contributed by atoms with Crippen molar-refractivity contribution in [3.05, 3.63) is 42.4 Å². The molecule has 1 aromatic carbocycles. The van der Waals surface area contributed by atoms with Gasteiger partial charge < -0.3 is 10.1 Å². The number of carbonyl (C=O) groups excluding carboxylic acids is 1. The van der Waals surface area contributed by atoms with E-state index in [9.17, 15) is 9.18 Å². The lowest BCUT2D eigenvalue weighted by molar-refractivity contribution is -0.134. The van der Waals surface area contributed by atoms with Gasteiger partial charge in [-0.2, -0.15) is 0 Å². The normalized spacial score (nSPS) is 10.1. The molecular formula is C10H10FNO2. The molecule has 1 N–H and O–H groups in total. The van der Waals surface area contributed by atoms with Crippen LogP contribution in [0.15, 0.2) is 36.5 Å². The van der Waals surface area contributed by atoms with E-state index in [1.54, 1.807) is 12.1 Å². The summed E-state index contributed by atoms with van der Waals surface area (Å²) in [6.07, 6.45) is 2.60. The van der Waals surface area contributed by atoms with Crippen LogP contribution in [-0.2, 0) is 9.53 Å². The van der Waals surface area contributed by atoms with E-state index < -0.39 is 5.97 Å². The van der Waals surface area contributed by atoms with Crippen molar-refractivity contribution in [3.63, 3.8) is 0 Å². The number of esters is 1. The van der Waals surface area contributed by atoms with Crippen LogP contribution < -0.4 is 5.32 Å². The highest BCUT2D eigenvalue weighted by Gasteiger charge is 1.92. The maximum Gasteiger partial charge on any atom is 0.331 e. The topological polar surface area (TPSA) is 38.3 Å². The lowest BCUT2D eigenvalue weighted by Crippen LogP contribution is -1.96. The number of hydrogen-bond acceptors (Lipinski definition) is 3. The Kier molecular flexibility index (Phi) is 3.67. The zero-order valence-electron chi connectivity index (χ0n) is 7.66. The second-order valence-corrected chi connectivity index (χ2v) is 2.51. The monoisotopic (exact) mass is 195 g/mol. The fourth-order valence-corrected chi connectivity index (χ4v) is 0.852. The molecule has 0 bridgehead atoms. The predicted octanol–water partition coefficient (Wildman–Crippen LogP) is 1.92. The molecule has 0 atom stereocenters. The van der Waals surface area contributed by atoms with Crippen molar-refractivity contribution in [1.82, 2.24) is 0 Å². The third kappa shape index (κ3) is 3.26. The lowest BCUT2D eigenvalue weighted by Gasteiger charge is -1.99. The molecule has 0 fully saturated rings. The third-order valence-electron chi connectivity index (χ3n) is 1.50. The van der Waals surface area contributed by atoms with E-state index in [0.717, 1.165) is 0 Å². The number of halogens is 1. The Hall–Kier alpha value is -1.84. The van der Waals surface area contributed by atoms with Gasteiger partial charge in [0.2, 0.25) is 0 Å². The summed E-state index contributed by atoms with van der Waals surface area (Å²) in [4.78, 5) is 10.6. The maximum atomic E-state index is 12.7. The van der Waals surface area contributed by atoms with Gasteiger partial charge in [0.1, 0.15) is 5.82 Å². The molecule has 0 spiro atoms. The molecule has 1 rings (SSSR count). The summed E-state index contributed by atoms with van der Waals surface area (Å²) in [5, 5.41) is 2.73. The van der Waals surface area contributed by atoms with Crippen molar-refractivity contribution >= 4 is 11.7 Å². The van der Waals surface area contributed by atoms with Crippen LogP contribution >= 0.6 is 0 Å². The molecule has 1 aromatic rings. The molecule has 0 unspecified atom stereocenters. The summed E-state index contributed by atoms with van der Waals surface area (Å²) >= 11 is 0. The molecule has 0 saturated heterocycles. The first-order valence-corrected chi connectivity index (χ1v) is 3.99. The van der Waals surface area contributed by atoms with Gasteiger partial charge in [-0.25, -0.2) is 9.18 Å². The smallest absolute Gasteiger partial charge is 0.331 e. The lowest BCUT2D eigenvalue weighted by atomic mass is 10.3. The highest BCUT2D eigenvalue weighted by Crippen LogP contribution is 2.08. The zero-order chi connectivity index (χ0) is 10.4. The number of ether oxygens (including phenoxy) is 1. The largest absolute Gasteiger partial charge is 0.466 e. The van der Waals surface area contributed by atoms with Crippen LogP contribution in [-0.4, -0.2) is 13.1 Å². The predicted molar refractivity (Wildman–Crippen MR) is 51.2 cm³/mol. The quantitative estimate of drug-likeness (QED) is 0.591. The van der Waals surface area contributed by atoms with Crippen LogP contribution in [0.2, 0.25) is 0 Å². The molecule has 0 aromatic heterocycles. The first kappa shape index (κ1) is 10.2. The molecule has 74 valence electrons. The SMILES string of the molecule is COC(=O)/C=C/Nc1cccc(F)c1. The summed E-state index contributed by atoms with van der Waals surface area (Å²) in [6.45, 7) is 0. The number of hydrogen-bond donors (Lipinski definition) is 1. The van der Waals surface area contributed by atoms with Crippen LogP contribution in [0.4, 0.5) is 10.1 Å². The average Bonchev–Trinajstić information content (AvgIpc) is 2.17. The second kappa shape index (κ2) is 5.01. The maximum absolute atomic E-state index is 12.7. The van der Waals surface area contributed by atoms with Crippen molar-refractivity contribution in [2.75, 3.05) is 12.4 Å². The van der Waals surface area contributed by atoms with E-state index in [2.05, 4.69) is 10.1 Å². The van der Waals surface area contributed by atoms with Crippen molar-refractivity contribution in [3.8, 4) is 0 Å². The van der Waals surface area contributed by atoms with Crippen molar-refractivity contribution < 1.29 is 13.9 Å². The summed E-state index contributed by atoms with van der Waals surface area (Å²) in [5.41, 5.74) is 0.574. The van der Waals surface area contributed by atoms with Gasteiger partial charge in [-0.3, -0.25) is 0 Å². The van der Waals surface area contributed by atoms with E-state index in [1.807, 2.05) is 0 Å². The standard InChI is InChI=1S/C10H10FNO2/c1-14-10(13)5-6-12-9-4-2-3-8(11)7-9/h2-7,12H,1H3/b6-5+. The number of nitrogens with one attached hydrogen (secondary N) is 1. The minimum atomic E-state index is -0.464. The van der Waals surface area contributed by atoms with Gasteiger partial charge in [0.05, 0.1) is 7.11 Å². The summed E-state index contributed by atoms with van der Waals surface area (Å²) in [6, 6.07) is 5.92. The van der Waals surface area contributed by atoms with Gasteiger partial charge in [-0.15, -0.1) is 0 Å². The Balaban J connectivity index is 2.53. The van der Waals surface area contributed by atoms with Gasteiger partial charge in [0.25, 0.3) is 0 Å². The van der Waals surface area contributed by atoms with Gasteiger partial charge in [0, 0.05) is 18.0 Å². The third-order valence-corrected chi connectivity index (χ3v) is 1.50. The Morgan fingerprint density at radius 3 is 3.00 bits per heavy atom. The number of carbonyl (C=O) groups is 1. The van der Waals surface area contributed by atoms with Gasteiger partial charge in [0.15, 0.2) is 0 Å². The van der Waals surface area contributed by atoms with Crippen LogP contribution in [0.5, 0.6) is 0 Å². The number of anilines is 1. The van der Waals surface area contributed by atoms with Crippen molar-refractivity contribution in [2.45, 2.75) is 0 Å². The summed E-state index contributed by atoms with van der Waals surface area (Å²) in [7, 11) is 1.29. The highest BCUT2D eigenvalue weighted by atomic mass is 19.1. The van der Waals surface area contributed by atoms with Crippen LogP contribution in [0.3, 0.4) is 0 Å². The van der Waals surface area contributed by atoms with Crippen LogP contribution in [0.1, 0.15) is 0 Å². The summed E-state index contributed by atoms with van der Waals surface area (Å²) in [5.74, 6) is -0.796. The molecule has 4 heteroatoms. The molecule has 3 nitrogen and oxygen atoms in total. The first-order valence-electron chi connectivity index (χ1n) is 3.99. The van der Waals surface area contributed by atoms with Gasteiger partial charge in [-0.1, -0.05) is 6.07 Å². The molecule has 0 aliphatic carbocycles. The number of benzene rings is 1. The van der Waals surface area contributed by atoms with Crippen molar-refractivity contribution in [1.29, 1.82) is 0 Å². The highest BCUT2D eigenvalue weighted by molar-refractivity contribution is 5.82. The van der Waals surface area contributed by atoms with Gasteiger partial charge in [-0.05, 0) is 18.2 Å². The van der Waals surface area contributed by atoms with Crippen LogP contribution in [0, 0.1) is 5.82 Å². The molecule has 0 radical (unpaired) electrons. The fourth-order valence-electron chi connectivity index (χ4n) is 0.852. The summed E-state index contributed by atoms with van der Waals surface area (Å²) < 4.78 is 17.0. The fraction of sp³-hybridized carbons (Fsp3) is 0.100. The zero-order valence-corrected chi connectivity index (χ0v) is 7.66. The Bertz CT molecular complexity index is 350. The van der Waals surface area contributed by atoms with Crippen molar-refractivity contribution in [2.24, 2.45) is 0 Å². The molecular weight excluding hydrogens is 185 g/mol. The second-order valence-electron chi connectivity index (χ2n) is 2.51. The first-order chi connectivity index (χ1) is 6.72. The Labute approximate surface area is 81.2 Å². The Morgan fingerprint density at radius 1 is 1.57 bits per heavy atom. The average molecular weight is 195 g/mol. The molecule has 0 aliphatic heterocycles. The molecule has 0 aliphatic rings.